The van der Waals surface area contributed by atoms with Crippen LogP contribution in [0.2, 0.25) is 0 Å². The van der Waals surface area contributed by atoms with E-state index in [1.54, 1.807) is 6.33 Å². The van der Waals surface area contributed by atoms with Crippen molar-refractivity contribution in [2.45, 2.75) is 13.3 Å². The predicted molar refractivity (Wildman–Crippen MR) is 124 cm³/mol. The van der Waals surface area contributed by atoms with Crippen LogP contribution in [0.4, 0.5) is 10.5 Å². The van der Waals surface area contributed by atoms with E-state index < -0.39 is 0 Å². The number of amides is 2. The van der Waals surface area contributed by atoms with E-state index in [2.05, 4.69) is 45.4 Å². The van der Waals surface area contributed by atoms with Gasteiger partial charge >= 0.3 is 6.03 Å². The molecule has 31 heavy (non-hydrogen) atoms. The standard InChI is InChI=1S/C25H23N5O/c1-17-15-26-24-22(17)23(27-16-28-24)19-10-12-30(13-11-19)25(31)29-21-9-5-8-20(14-21)18-6-3-2-4-7-18/h2-10,14-16H,11-13H2,1H3,(H,29,31)(H,26,27,28). The molecule has 0 saturated heterocycles. The van der Waals surface area contributed by atoms with Gasteiger partial charge in [-0.15, -0.1) is 0 Å². The molecule has 6 nitrogen and oxygen atoms in total. The summed E-state index contributed by atoms with van der Waals surface area (Å²) in [5.74, 6) is 0. The lowest BCUT2D eigenvalue weighted by Crippen LogP contribution is -2.38. The molecule has 3 heterocycles. The highest BCUT2D eigenvalue weighted by Crippen LogP contribution is 2.29. The van der Waals surface area contributed by atoms with Crippen molar-refractivity contribution < 1.29 is 4.79 Å². The van der Waals surface area contributed by atoms with Crippen LogP contribution >= 0.6 is 0 Å². The molecule has 0 bridgehead atoms. The summed E-state index contributed by atoms with van der Waals surface area (Å²) in [6.45, 7) is 3.25. The summed E-state index contributed by atoms with van der Waals surface area (Å²) >= 11 is 0. The number of rotatable bonds is 3. The highest BCUT2D eigenvalue weighted by molar-refractivity contribution is 5.93. The Kier molecular flexibility index (Phi) is 4.96. The summed E-state index contributed by atoms with van der Waals surface area (Å²) < 4.78 is 0. The highest BCUT2D eigenvalue weighted by atomic mass is 16.2. The fourth-order valence-corrected chi connectivity index (χ4v) is 4.04. The lowest BCUT2D eigenvalue weighted by molar-refractivity contribution is 0.217. The monoisotopic (exact) mass is 409 g/mol. The van der Waals surface area contributed by atoms with Crippen molar-refractivity contribution in [1.29, 1.82) is 0 Å². The topological polar surface area (TPSA) is 73.9 Å². The van der Waals surface area contributed by atoms with Crippen molar-refractivity contribution in [3.05, 3.63) is 84.5 Å². The normalized spacial score (nSPS) is 13.8. The fraction of sp³-hybridized carbons (Fsp3) is 0.160. The van der Waals surface area contributed by atoms with Crippen molar-refractivity contribution in [2.75, 3.05) is 18.4 Å². The van der Waals surface area contributed by atoms with E-state index in [0.717, 1.165) is 51.1 Å². The number of fused-ring (bicyclic) bond motifs is 1. The molecule has 0 aliphatic carbocycles. The summed E-state index contributed by atoms with van der Waals surface area (Å²) in [5, 5.41) is 4.10. The largest absolute Gasteiger partial charge is 0.346 e. The molecule has 0 radical (unpaired) electrons. The SMILES string of the molecule is Cc1c[nH]c2ncnc(C3=CCN(C(=O)Nc4cccc(-c5ccccc5)c4)CC3)c12. The number of hydrogen-bond acceptors (Lipinski definition) is 3. The summed E-state index contributed by atoms with van der Waals surface area (Å²) in [7, 11) is 0. The lowest BCUT2D eigenvalue weighted by atomic mass is 10.0. The van der Waals surface area contributed by atoms with Gasteiger partial charge in [0, 0.05) is 30.4 Å². The van der Waals surface area contributed by atoms with Gasteiger partial charge in [0.15, 0.2) is 0 Å². The number of H-pyrrole nitrogens is 1. The van der Waals surface area contributed by atoms with E-state index >= 15 is 0 Å². The zero-order valence-corrected chi connectivity index (χ0v) is 17.3. The van der Waals surface area contributed by atoms with E-state index in [1.807, 2.05) is 53.6 Å². The maximum absolute atomic E-state index is 12.8. The Hall–Kier alpha value is -3.93. The number of aromatic amines is 1. The van der Waals surface area contributed by atoms with Gasteiger partial charge in [0.2, 0.25) is 0 Å². The number of nitrogens with one attached hydrogen (secondary N) is 2. The number of anilines is 1. The van der Waals surface area contributed by atoms with Crippen LogP contribution in [-0.4, -0.2) is 39.0 Å². The molecule has 2 N–H and O–H groups in total. The van der Waals surface area contributed by atoms with Crippen molar-refractivity contribution >= 4 is 28.3 Å². The zero-order chi connectivity index (χ0) is 21.2. The quantitative estimate of drug-likeness (QED) is 0.485. The van der Waals surface area contributed by atoms with Gasteiger partial charge in [-0.05, 0) is 47.7 Å². The Balaban J connectivity index is 1.30. The second-order valence-electron chi connectivity index (χ2n) is 7.72. The molecule has 4 aromatic rings. The summed E-state index contributed by atoms with van der Waals surface area (Å²) in [6.07, 6.45) is 6.40. The first-order chi connectivity index (χ1) is 15.2. The minimum Gasteiger partial charge on any atom is -0.346 e. The first kappa shape index (κ1) is 19.1. The van der Waals surface area contributed by atoms with Crippen LogP contribution in [0.25, 0.3) is 27.7 Å². The first-order valence-corrected chi connectivity index (χ1v) is 10.4. The van der Waals surface area contributed by atoms with E-state index in [4.69, 9.17) is 0 Å². The predicted octanol–water partition coefficient (Wildman–Crippen LogP) is 5.25. The van der Waals surface area contributed by atoms with Crippen molar-refractivity contribution in [1.82, 2.24) is 19.9 Å². The molecule has 2 aromatic heterocycles. The molecular formula is C25H23N5O. The lowest BCUT2D eigenvalue weighted by Gasteiger charge is -2.27. The van der Waals surface area contributed by atoms with E-state index in [0.29, 0.717) is 13.1 Å². The average molecular weight is 409 g/mol. The van der Waals surface area contributed by atoms with Crippen LogP contribution in [0.15, 0.2) is 73.2 Å². The zero-order valence-electron chi connectivity index (χ0n) is 17.3. The molecule has 6 heteroatoms. The molecule has 0 atom stereocenters. The molecule has 2 amide bonds. The Morgan fingerprint density at radius 1 is 1.06 bits per heavy atom. The van der Waals surface area contributed by atoms with Crippen molar-refractivity contribution in [2.24, 2.45) is 0 Å². The Labute approximate surface area is 180 Å². The van der Waals surface area contributed by atoms with Crippen molar-refractivity contribution in [3.8, 4) is 11.1 Å². The second-order valence-corrected chi connectivity index (χ2v) is 7.72. The molecule has 1 aliphatic rings. The number of carbonyl (C=O) groups excluding carboxylic acids is 1. The number of aromatic nitrogens is 3. The number of nitrogens with zero attached hydrogens (tertiary/aromatic N) is 3. The van der Waals surface area contributed by atoms with Gasteiger partial charge in [-0.3, -0.25) is 0 Å². The average Bonchev–Trinajstić information content (AvgIpc) is 3.21. The summed E-state index contributed by atoms with van der Waals surface area (Å²) in [6, 6.07) is 18.0. The van der Waals surface area contributed by atoms with Gasteiger partial charge in [-0.25, -0.2) is 14.8 Å². The number of carbonyl (C=O) groups is 1. The van der Waals surface area contributed by atoms with Crippen LogP contribution in [0.5, 0.6) is 0 Å². The molecule has 2 aromatic carbocycles. The van der Waals surface area contributed by atoms with Gasteiger partial charge < -0.3 is 15.2 Å². The van der Waals surface area contributed by atoms with E-state index in [1.165, 1.54) is 0 Å². The van der Waals surface area contributed by atoms with Gasteiger partial charge in [-0.2, -0.15) is 0 Å². The van der Waals surface area contributed by atoms with Crippen LogP contribution in [-0.2, 0) is 0 Å². The second kappa shape index (κ2) is 8.07. The van der Waals surface area contributed by atoms with Crippen LogP contribution in [0.3, 0.4) is 0 Å². The van der Waals surface area contributed by atoms with Crippen LogP contribution < -0.4 is 5.32 Å². The third kappa shape index (κ3) is 3.80. The van der Waals surface area contributed by atoms with Gasteiger partial charge in [0.05, 0.1) is 5.69 Å². The molecule has 1 aliphatic heterocycles. The Bertz CT molecular complexity index is 1280. The number of hydrogen-bond donors (Lipinski definition) is 2. The third-order valence-electron chi connectivity index (χ3n) is 5.69. The molecule has 0 spiro atoms. The maximum atomic E-state index is 12.8. The molecule has 0 unspecified atom stereocenters. The van der Waals surface area contributed by atoms with Gasteiger partial charge in [0.1, 0.15) is 12.0 Å². The summed E-state index contributed by atoms with van der Waals surface area (Å²) in [5.41, 5.74) is 7.09. The Morgan fingerprint density at radius 2 is 1.90 bits per heavy atom. The molecule has 154 valence electrons. The number of aryl methyl sites for hydroxylation is 1. The minimum atomic E-state index is -0.0915. The first-order valence-electron chi connectivity index (χ1n) is 10.4. The van der Waals surface area contributed by atoms with Crippen LogP contribution in [0.1, 0.15) is 17.7 Å². The minimum absolute atomic E-state index is 0.0915. The highest BCUT2D eigenvalue weighted by Gasteiger charge is 2.21. The van der Waals surface area contributed by atoms with E-state index in [9.17, 15) is 4.79 Å². The molecule has 0 saturated carbocycles. The molecule has 5 rings (SSSR count). The fourth-order valence-electron chi connectivity index (χ4n) is 4.04. The van der Waals surface area contributed by atoms with Crippen molar-refractivity contribution in [3.63, 3.8) is 0 Å². The molecular weight excluding hydrogens is 386 g/mol. The maximum Gasteiger partial charge on any atom is 0.322 e. The van der Waals surface area contributed by atoms with E-state index in [-0.39, 0.29) is 6.03 Å². The smallest absolute Gasteiger partial charge is 0.322 e. The Morgan fingerprint density at radius 3 is 2.71 bits per heavy atom. The third-order valence-corrected chi connectivity index (χ3v) is 5.69. The number of urea groups is 1. The van der Waals surface area contributed by atoms with Gasteiger partial charge in [0.25, 0.3) is 0 Å². The molecule has 0 fully saturated rings. The van der Waals surface area contributed by atoms with Crippen LogP contribution in [0, 0.1) is 6.92 Å². The number of benzene rings is 2. The summed E-state index contributed by atoms with van der Waals surface area (Å²) in [4.78, 5) is 26.7. The van der Waals surface area contributed by atoms with Gasteiger partial charge in [-0.1, -0.05) is 48.5 Å².